The zero-order valence-corrected chi connectivity index (χ0v) is 11.9. The van der Waals surface area contributed by atoms with Gasteiger partial charge in [-0.3, -0.25) is 9.69 Å². The van der Waals surface area contributed by atoms with E-state index in [-0.39, 0.29) is 5.91 Å². The second-order valence-electron chi connectivity index (χ2n) is 5.74. The molecule has 1 aliphatic heterocycles. The van der Waals surface area contributed by atoms with Crippen LogP contribution in [0.25, 0.3) is 0 Å². The van der Waals surface area contributed by atoms with Crippen LogP contribution in [0.1, 0.15) is 37.7 Å². The van der Waals surface area contributed by atoms with E-state index in [1.807, 2.05) is 24.3 Å². The van der Waals surface area contributed by atoms with Gasteiger partial charge in [0.1, 0.15) is 6.04 Å². The maximum absolute atomic E-state index is 12.6. The van der Waals surface area contributed by atoms with Crippen molar-refractivity contribution >= 4 is 17.6 Å². The SMILES string of the molecule is O=C(O)C1Cc2ccccc2N1C(=O)CC1=CCCCC1. The molecule has 1 N–H and O–H groups in total. The number of para-hydroxylation sites is 1. The summed E-state index contributed by atoms with van der Waals surface area (Å²) >= 11 is 0. The van der Waals surface area contributed by atoms with Gasteiger partial charge in [-0.05, 0) is 37.3 Å². The van der Waals surface area contributed by atoms with Gasteiger partial charge in [0.05, 0.1) is 0 Å². The van der Waals surface area contributed by atoms with Gasteiger partial charge in [0.25, 0.3) is 0 Å². The lowest BCUT2D eigenvalue weighted by Gasteiger charge is -2.24. The summed E-state index contributed by atoms with van der Waals surface area (Å²) in [5.41, 5.74) is 2.85. The van der Waals surface area contributed by atoms with Gasteiger partial charge in [-0.15, -0.1) is 0 Å². The molecule has 1 atom stereocenters. The summed E-state index contributed by atoms with van der Waals surface area (Å²) in [6.45, 7) is 0. The number of nitrogens with zero attached hydrogens (tertiary/aromatic N) is 1. The molecule has 21 heavy (non-hydrogen) atoms. The molecule has 0 spiro atoms. The van der Waals surface area contributed by atoms with E-state index in [9.17, 15) is 14.7 Å². The molecule has 0 saturated carbocycles. The van der Waals surface area contributed by atoms with Gasteiger partial charge in [-0.25, -0.2) is 4.79 Å². The molecule has 1 unspecified atom stereocenters. The van der Waals surface area contributed by atoms with E-state index in [2.05, 4.69) is 6.08 Å². The minimum atomic E-state index is -0.933. The Hall–Kier alpha value is -2.10. The van der Waals surface area contributed by atoms with Crippen LogP contribution in [-0.4, -0.2) is 23.0 Å². The van der Waals surface area contributed by atoms with E-state index in [1.165, 1.54) is 11.3 Å². The largest absolute Gasteiger partial charge is 0.480 e. The van der Waals surface area contributed by atoms with Crippen LogP contribution in [0.5, 0.6) is 0 Å². The molecule has 110 valence electrons. The van der Waals surface area contributed by atoms with Gasteiger partial charge in [0, 0.05) is 18.5 Å². The first-order valence-electron chi connectivity index (χ1n) is 7.47. The van der Waals surface area contributed by atoms with Crippen molar-refractivity contribution in [3.8, 4) is 0 Å². The number of fused-ring (bicyclic) bond motifs is 1. The predicted octanol–water partition coefficient (Wildman–Crippen LogP) is 2.92. The van der Waals surface area contributed by atoms with Crippen molar-refractivity contribution < 1.29 is 14.7 Å². The molecule has 0 radical (unpaired) electrons. The van der Waals surface area contributed by atoms with E-state index >= 15 is 0 Å². The number of carboxylic acid groups (broad SMARTS) is 1. The summed E-state index contributed by atoms with van der Waals surface area (Å²) in [7, 11) is 0. The fraction of sp³-hybridized carbons (Fsp3) is 0.412. The van der Waals surface area contributed by atoms with E-state index in [4.69, 9.17) is 0 Å². The molecule has 1 heterocycles. The Balaban J connectivity index is 1.85. The summed E-state index contributed by atoms with van der Waals surface area (Å²) in [4.78, 5) is 25.6. The van der Waals surface area contributed by atoms with Crippen LogP contribution in [0.15, 0.2) is 35.9 Å². The Morgan fingerprint density at radius 1 is 1.24 bits per heavy atom. The Kier molecular flexibility index (Phi) is 3.78. The van der Waals surface area contributed by atoms with Crippen molar-refractivity contribution in [1.29, 1.82) is 0 Å². The normalized spacial score (nSPS) is 20.9. The number of carboxylic acids is 1. The molecular weight excluding hydrogens is 266 g/mol. The summed E-state index contributed by atoms with van der Waals surface area (Å²) in [5, 5.41) is 9.40. The third-order valence-corrected chi connectivity index (χ3v) is 4.29. The van der Waals surface area contributed by atoms with Gasteiger partial charge >= 0.3 is 5.97 Å². The highest BCUT2D eigenvalue weighted by Gasteiger charge is 2.38. The quantitative estimate of drug-likeness (QED) is 0.869. The van der Waals surface area contributed by atoms with Crippen LogP contribution in [-0.2, 0) is 16.0 Å². The first-order chi connectivity index (χ1) is 10.2. The molecule has 0 saturated heterocycles. The molecule has 1 aromatic rings. The Labute approximate surface area is 124 Å². The smallest absolute Gasteiger partial charge is 0.327 e. The summed E-state index contributed by atoms with van der Waals surface area (Å²) in [5.74, 6) is -1.03. The predicted molar refractivity (Wildman–Crippen MR) is 80.2 cm³/mol. The fourth-order valence-corrected chi connectivity index (χ4v) is 3.24. The average Bonchev–Trinajstić information content (AvgIpc) is 2.88. The molecule has 4 nitrogen and oxygen atoms in total. The van der Waals surface area contributed by atoms with Gasteiger partial charge in [0.2, 0.25) is 5.91 Å². The van der Waals surface area contributed by atoms with Crippen molar-refractivity contribution in [2.24, 2.45) is 0 Å². The molecular formula is C17H19NO3. The van der Waals surface area contributed by atoms with Crippen molar-refractivity contribution in [2.45, 2.75) is 44.6 Å². The number of rotatable bonds is 3. The van der Waals surface area contributed by atoms with Crippen LogP contribution in [0.3, 0.4) is 0 Å². The fourth-order valence-electron chi connectivity index (χ4n) is 3.24. The number of allylic oxidation sites excluding steroid dienone is 1. The third kappa shape index (κ3) is 2.71. The highest BCUT2D eigenvalue weighted by Crippen LogP contribution is 2.33. The van der Waals surface area contributed by atoms with E-state index in [0.717, 1.165) is 36.1 Å². The van der Waals surface area contributed by atoms with Crippen LogP contribution in [0, 0.1) is 0 Å². The van der Waals surface area contributed by atoms with Crippen LogP contribution < -0.4 is 4.90 Å². The molecule has 1 aromatic carbocycles. The van der Waals surface area contributed by atoms with Crippen molar-refractivity contribution in [3.63, 3.8) is 0 Å². The standard InChI is InChI=1S/C17H19NO3/c19-16(10-12-6-2-1-3-7-12)18-14-9-5-4-8-13(14)11-15(18)17(20)21/h4-6,8-9,15H,1-3,7,10-11H2,(H,20,21). The maximum Gasteiger partial charge on any atom is 0.327 e. The van der Waals surface area contributed by atoms with Crippen LogP contribution in [0.2, 0.25) is 0 Å². The monoisotopic (exact) mass is 285 g/mol. The molecule has 0 bridgehead atoms. The molecule has 3 rings (SSSR count). The summed E-state index contributed by atoms with van der Waals surface area (Å²) in [6, 6.07) is 6.71. The third-order valence-electron chi connectivity index (χ3n) is 4.29. The number of aliphatic carboxylic acids is 1. The minimum Gasteiger partial charge on any atom is -0.480 e. The second kappa shape index (κ2) is 5.72. The lowest BCUT2D eigenvalue weighted by molar-refractivity contribution is -0.139. The number of amides is 1. The Morgan fingerprint density at radius 3 is 2.76 bits per heavy atom. The zero-order chi connectivity index (χ0) is 14.8. The first kappa shape index (κ1) is 13.9. The zero-order valence-electron chi connectivity index (χ0n) is 11.9. The Bertz CT molecular complexity index is 606. The summed E-state index contributed by atoms with van der Waals surface area (Å²) < 4.78 is 0. The lowest BCUT2D eigenvalue weighted by atomic mass is 9.96. The topological polar surface area (TPSA) is 57.6 Å². The van der Waals surface area contributed by atoms with Gasteiger partial charge < -0.3 is 5.11 Å². The van der Waals surface area contributed by atoms with Crippen molar-refractivity contribution in [2.75, 3.05) is 4.90 Å². The second-order valence-corrected chi connectivity index (χ2v) is 5.74. The van der Waals surface area contributed by atoms with Gasteiger partial charge in [-0.1, -0.05) is 29.8 Å². The first-order valence-corrected chi connectivity index (χ1v) is 7.47. The van der Waals surface area contributed by atoms with E-state index in [1.54, 1.807) is 0 Å². The average molecular weight is 285 g/mol. The highest BCUT2D eigenvalue weighted by molar-refractivity contribution is 6.02. The number of benzene rings is 1. The van der Waals surface area contributed by atoms with Crippen LogP contribution >= 0.6 is 0 Å². The number of anilines is 1. The van der Waals surface area contributed by atoms with Gasteiger partial charge in [0.15, 0.2) is 0 Å². The minimum absolute atomic E-state index is 0.0968. The van der Waals surface area contributed by atoms with Crippen molar-refractivity contribution in [1.82, 2.24) is 0 Å². The van der Waals surface area contributed by atoms with E-state index < -0.39 is 12.0 Å². The van der Waals surface area contributed by atoms with Gasteiger partial charge in [-0.2, -0.15) is 0 Å². The van der Waals surface area contributed by atoms with E-state index in [0.29, 0.717) is 12.8 Å². The Morgan fingerprint density at radius 2 is 2.05 bits per heavy atom. The van der Waals surface area contributed by atoms with Crippen molar-refractivity contribution in [3.05, 3.63) is 41.5 Å². The molecule has 1 amide bonds. The number of carbonyl (C=O) groups is 2. The molecule has 0 aromatic heterocycles. The number of carbonyl (C=O) groups excluding carboxylic acids is 1. The number of hydrogen-bond donors (Lipinski definition) is 1. The number of hydrogen-bond acceptors (Lipinski definition) is 2. The highest BCUT2D eigenvalue weighted by atomic mass is 16.4. The molecule has 4 heteroatoms. The maximum atomic E-state index is 12.6. The lowest BCUT2D eigenvalue weighted by Crippen LogP contribution is -2.43. The molecule has 2 aliphatic rings. The molecule has 1 aliphatic carbocycles. The summed E-state index contributed by atoms with van der Waals surface area (Å²) in [6.07, 6.45) is 7.17. The van der Waals surface area contributed by atoms with Crippen LogP contribution in [0.4, 0.5) is 5.69 Å². The molecule has 0 fully saturated rings.